The number of amides is 2. The van der Waals surface area contributed by atoms with Crippen LogP contribution in [-0.2, 0) is 14.3 Å². The summed E-state index contributed by atoms with van der Waals surface area (Å²) in [6, 6.07) is 12.7. The van der Waals surface area contributed by atoms with E-state index in [-0.39, 0.29) is 30.2 Å². The van der Waals surface area contributed by atoms with Gasteiger partial charge in [0.25, 0.3) is 5.91 Å². The quantitative estimate of drug-likeness (QED) is 0.831. The van der Waals surface area contributed by atoms with Gasteiger partial charge in [0.15, 0.2) is 6.10 Å². The maximum atomic E-state index is 13.1. The molecule has 28 heavy (non-hydrogen) atoms. The SMILES string of the molecule is CC(CNC(=O)C1OCC(=O)N(C)C1c1ccc(Cl)cc1)c1ccc(F)cc1. The highest BCUT2D eigenvalue weighted by molar-refractivity contribution is 6.30. The lowest BCUT2D eigenvalue weighted by Gasteiger charge is -2.38. The van der Waals surface area contributed by atoms with Crippen LogP contribution in [0.5, 0.6) is 0 Å². The lowest BCUT2D eigenvalue weighted by Crippen LogP contribution is -2.53. The fourth-order valence-electron chi connectivity index (χ4n) is 3.25. The number of ether oxygens (including phenoxy) is 1. The molecule has 1 fully saturated rings. The summed E-state index contributed by atoms with van der Waals surface area (Å²) in [6.45, 7) is 2.17. The number of morpholine rings is 1. The number of carbonyl (C=O) groups excluding carboxylic acids is 2. The Kier molecular flexibility index (Phi) is 6.31. The van der Waals surface area contributed by atoms with E-state index in [2.05, 4.69) is 5.32 Å². The zero-order chi connectivity index (χ0) is 20.3. The van der Waals surface area contributed by atoms with Gasteiger partial charge in [0.05, 0.1) is 6.04 Å². The van der Waals surface area contributed by atoms with Crippen molar-refractivity contribution in [2.24, 2.45) is 0 Å². The molecule has 1 aliphatic rings. The van der Waals surface area contributed by atoms with E-state index in [1.807, 2.05) is 6.92 Å². The fourth-order valence-corrected chi connectivity index (χ4v) is 3.38. The molecule has 0 spiro atoms. The van der Waals surface area contributed by atoms with Crippen molar-refractivity contribution in [1.82, 2.24) is 10.2 Å². The van der Waals surface area contributed by atoms with Crippen LogP contribution >= 0.6 is 11.6 Å². The molecule has 2 aromatic rings. The number of halogens is 2. The molecule has 0 radical (unpaired) electrons. The van der Waals surface area contributed by atoms with Gasteiger partial charge in [-0.25, -0.2) is 4.39 Å². The maximum Gasteiger partial charge on any atom is 0.251 e. The maximum absolute atomic E-state index is 13.1. The van der Waals surface area contributed by atoms with Crippen molar-refractivity contribution in [3.63, 3.8) is 0 Å². The lowest BCUT2D eigenvalue weighted by atomic mass is 9.97. The summed E-state index contributed by atoms with van der Waals surface area (Å²) in [5.41, 5.74) is 1.69. The van der Waals surface area contributed by atoms with Gasteiger partial charge in [-0.05, 0) is 41.3 Å². The summed E-state index contributed by atoms with van der Waals surface area (Å²) in [4.78, 5) is 26.5. The molecular weight excluding hydrogens is 383 g/mol. The van der Waals surface area contributed by atoms with Crippen LogP contribution < -0.4 is 5.32 Å². The van der Waals surface area contributed by atoms with Crippen molar-refractivity contribution in [3.8, 4) is 0 Å². The van der Waals surface area contributed by atoms with Crippen LogP contribution in [0.3, 0.4) is 0 Å². The summed E-state index contributed by atoms with van der Waals surface area (Å²) in [7, 11) is 1.66. The van der Waals surface area contributed by atoms with Crippen LogP contribution in [-0.4, -0.2) is 43.0 Å². The molecule has 2 amide bonds. The second-order valence-corrected chi connectivity index (χ2v) is 7.37. The van der Waals surface area contributed by atoms with Crippen molar-refractivity contribution in [3.05, 3.63) is 70.5 Å². The minimum absolute atomic E-state index is 0.00137. The molecule has 1 heterocycles. The van der Waals surface area contributed by atoms with Gasteiger partial charge in [-0.2, -0.15) is 0 Å². The first-order valence-corrected chi connectivity index (χ1v) is 9.40. The molecule has 0 bridgehead atoms. The second kappa shape index (κ2) is 8.71. The molecule has 7 heteroatoms. The van der Waals surface area contributed by atoms with Gasteiger partial charge in [-0.3, -0.25) is 9.59 Å². The van der Waals surface area contributed by atoms with Crippen molar-refractivity contribution in [1.29, 1.82) is 0 Å². The zero-order valence-corrected chi connectivity index (χ0v) is 16.4. The third-order valence-corrected chi connectivity index (χ3v) is 5.23. The van der Waals surface area contributed by atoms with Gasteiger partial charge in [-0.15, -0.1) is 0 Å². The standard InChI is InChI=1S/C21H22ClFN2O3/c1-13(14-5-9-17(23)10-6-14)11-24-21(27)20-19(25(2)18(26)12-28-20)15-3-7-16(22)8-4-15/h3-10,13,19-20H,11-12H2,1-2H3,(H,24,27). The van der Waals surface area contributed by atoms with Crippen molar-refractivity contribution >= 4 is 23.4 Å². The third kappa shape index (κ3) is 4.51. The molecule has 3 rings (SSSR count). The Bertz CT molecular complexity index is 842. The Morgan fingerprint density at radius 2 is 1.89 bits per heavy atom. The van der Waals surface area contributed by atoms with E-state index in [1.165, 1.54) is 17.0 Å². The molecule has 2 aromatic carbocycles. The zero-order valence-electron chi connectivity index (χ0n) is 15.7. The molecule has 0 saturated carbocycles. The first-order chi connectivity index (χ1) is 13.4. The van der Waals surface area contributed by atoms with Crippen molar-refractivity contribution in [2.45, 2.75) is 25.0 Å². The molecule has 3 unspecified atom stereocenters. The third-order valence-electron chi connectivity index (χ3n) is 4.98. The Hall–Kier alpha value is -2.44. The Morgan fingerprint density at radius 1 is 1.25 bits per heavy atom. The van der Waals surface area contributed by atoms with E-state index in [0.29, 0.717) is 11.6 Å². The number of nitrogens with zero attached hydrogens (tertiary/aromatic N) is 1. The molecule has 1 N–H and O–H groups in total. The van der Waals surface area contributed by atoms with Gasteiger partial charge in [0, 0.05) is 18.6 Å². The van der Waals surface area contributed by atoms with E-state index in [0.717, 1.165) is 11.1 Å². The van der Waals surface area contributed by atoms with Crippen molar-refractivity contribution in [2.75, 3.05) is 20.2 Å². The predicted octanol–water partition coefficient (Wildman–Crippen LogP) is 3.30. The first-order valence-electron chi connectivity index (χ1n) is 9.02. The summed E-state index contributed by atoms with van der Waals surface area (Å²) in [6.07, 6.45) is -0.829. The minimum atomic E-state index is -0.829. The highest BCUT2D eigenvalue weighted by atomic mass is 35.5. The highest BCUT2D eigenvalue weighted by Crippen LogP contribution is 2.30. The smallest absolute Gasteiger partial charge is 0.251 e. The first kappa shape index (κ1) is 20.3. The number of nitrogens with one attached hydrogen (secondary N) is 1. The summed E-state index contributed by atoms with van der Waals surface area (Å²) in [5, 5.41) is 3.46. The number of hydrogen-bond donors (Lipinski definition) is 1. The average molecular weight is 405 g/mol. The van der Waals surface area contributed by atoms with E-state index in [1.54, 1.807) is 43.4 Å². The summed E-state index contributed by atoms with van der Waals surface area (Å²) >= 11 is 5.95. The van der Waals surface area contributed by atoms with Crippen LogP contribution in [0.4, 0.5) is 4.39 Å². The molecule has 5 nitrogen and oxygen atoms in total. The topological polar surface area (TPSA) is 58.6 Å². The molecule has 1 aliphatic heterocycles. The number of hydrogen-bond acceptors (Lipinski definition) is 3. The number of benzene rings is 2. The van der Waals surface area contributed by atoms with Gasteiger partial charge in [-0.1, -0.05) is 42.8 Å². The van der Waals surface area contributed by atoms with Gasteiger partial charge >= 0.3 is 0 Å². The van der Waals surface area contributed by atoms with Crippen LogP contribution in [0.15, 0.2) is 48.5 Å². The van der Waals surface area contributed by atoms with Gasteiger partial charge in [0.1, 0.15) is 12.4 Å². The molecule has 148 valence electrons. The fraction of sp³-hybridized carbons (Fsp3) is 0.333. The predicted molar refractivity (Wildman–Crippen MR) is 105 cm³/mol. The summed E-state index contributed by atoms with van der Waals surface area (Å²) in [5.74, 6) is -0.785. The molecule has 0 aromatic heterocycles. The van der Waals surface area contributed by atoms with Gasteiger partial charge in [0.2, 0.25) is 5.91 Å². The highest BCUT2D eigenvalue weighted by Gasteiger charge is 2.40. The van der Waals surface area contributed by atoms with E-state index < -0.39 is 12.1 Å². The number of rotatable bonds is 5. The Balaban J connectivity index is 1.71. The van der Waals surface area contributed by atoms with E-state index in [4.69, 9.17) is 16.3 Å². The Labute approximate surface area is 168 Å². The largest absolute Gasteiger partial charge is 0.356 e. The average Bonchev–Trinajstić information content (AvgIpc) is 2.69. The van der Waals surface area contributed by atoms with Gasteiger partial charge < -0.3 is 15.0 Å². The van der Waals surface area contributed by atoms with Crippen LogP contribution in [0, 0.1) is 5.82 Å². The lowest BCUT2D eigenvalue weighted by molar-refractivity contribution is -0.162. The molecule has 0 aliphatic carbocycles. The van der Waals surface area contributed by atoms with E-state index in [9.17, 15) is 14.0 Å². The van der Waals surface area contributed by atoms with Crippen molar-refractivity contribution < 1.29 is 18.7 Å². The monoisotopic (exact) mass is 404 g/mol. The molecule has 3 atom stereocenters. The summed E-state index contributed by atoms with van der Waals surface area (Å²) < 4.78 is 18.7. The molecular formula is C21H22ClFN2O3. The number of likely N-dealkylation sites (N-methyl/N-ethyl adjacent to an activating group) is 1. The molecule has 1 saturated heterocycles. The van der Waals surface area contributed by atoms with Crippen LogP contribution in [0.1, 0.15) is 30.0 Å². The normalized spacial score (nSPS) is 20.7. The second-order valence-electron chi connectivity index (χ2n) is 6.93. The van der Waals surface area contributed by atoms with E-state index >= 15 is 0 Å². The minimum Gasteiger partial charge on any atom is -0.356 e. The van der Waals surface area contributed by atoms with Crippen LogP contribution in [0.2, 0.25) is 5.02 Å². The van der Waals surface area contributed by atoms with Crippen LogP contribution in [0.25, 0.3) is 0 Å². The number of carbonyl (C=O) groups is 2. The Morgan fingerprint density at radius 3 is 2.54 bits per heavy atom.